The van der Waals surface area contributed by atoms with E-state index >= 15 is 0 Å². The van der Waals surface area contributed by atoms with Crippen molar-refractivity contribution in [2.45, 2.75) is 18.3 Å². The maximum absolute atomic E-state index is 9.14. The molecular weight excluding hydrogens is 198 g/mol. The zero-order valence-corrected chi connectivity index (χ0v) is 8.85. The molecule has 2 aromatic rings. The minimum absolute atomic E-state index is 0.229. The van der Waals surface area contributed by atoms with Crippen LogP contribution >= 0.6 is 0 Å². The topological polar surface area (TPSA) is 41.1 Å². The minimum atomic E-state index is -0.229. The van der Waals surface area contributed by atoms with E-state index in [2.05, 4.69) is 17.6 Å². The third kappa shape index (κ3) is 1.17. The maximum Gasteiger partial charge on any atom is 0.137 e. The number of fused-ring (bicyclic) bond motifs is 1. The third-order valence-corrected chi connectivity index (χ3v) is 3.20. The van der Waals surface area contributed by atoms with Gasteiger partial charge in [0, 0.05) is 12.4 Å². The second-order valence-corrected chi connectivity index (χ2v) is 4.25. The summed E-state index contributed by atoms with van der Waals surface area (Å²) in [4.78, 5) is 4.36. The average molecular weight is 209 g/mol. The number of hydrogen-bond acceptors (Lipinski definition) is 2. The molecule has 0 amide bonds. The van der Waals surface area contributed by atoms with Crippen LogP contribution in [0.1, 0.15) is 24.1 Å². The van der Waals surface area contributed by atoms with Gasteiger partial charge in [-0.2, -0.15) is 5.26 Å². The molecule has 0 bridgehead atoms. The van der Waals surface area contributed by atoms with E-state index in [1.165, 1.54) is 0 Å². The number of nitriles is 1. The highest BCUT2D eigenvalue weighted by Gasteiger charge is 2.45. The summed E-state index contributed by atoms with van der Waals surface area (Å²) in [6, 6.07) is 6.36. The fourth-order valence-electron chi connectivity index (χ4n) is 1.98. The summed E-state index contributed by atoms with van der Waals surface area (Å²) in [6.07, 6.45) is 7.60. The van der Waals surface area contributed by atoms with Crippen molar-refractivity contribution in [2.24, 2.45) is 0 Å². The van der Waals surface area contributed by atoms with Gasteiger partial charge in [0.15, 0.2) is 0 Å². The lowest BCUT2D eigenvalue weighted by molar-refractivity contribution is 0.890. The first-order valence-corrected chi connectivity index (χ1v) is 5.30. The molecule has 2 heterocycles. The summed E-state index contributed by atoms with van der Waals surface area (Å²) in [5.41, 5.74) is 2.62. The standard InChI is InChI=1S/C13H11N3/c1-2-11-8-16-7-10(3-4-12(16)15-11)13(9-14)5-6-13/h2-4,7-8H,1,5-6H2. The van der Waals surface area contributed by atoms with Crippen LogP contribution in [-0.4, -0.2) is 9.38 Å². The lowest BCUT2D eigenvalue weighted by Gasteiger charge is -2.05. The van der Waals surface area contributed by atoms with Crippen LogP contribution in [-0.2, 0) is 5.41 Å². The second-order valence-electron chi connectivity index (χ2n) is 4.25. The highest BCUT2D eigenvalue weighted by Crippen LogP contribution is 2.47. The van der Waals surface area contributed by atoms with Gasteiger partial charge in [-0.05, 0) is 30.5 Å². The molecule has 3 nitrogen and oxygen atoms in total. The Hall–Kier alpha value is -2.08. The maximum atomic E-state index is 9.14. The lowest BCUT2D eigenvalue weighted by Crippen LogP contribution is -2.03. The van der Waals surface area contributed by atoms with E-state index in [1.54, 1.807) is 6.08 Å². The summed E-state index contributed by atoms with van der Waals surface area (Å²) < 4.78 is 1.96. The number of imidazole rings is 1. The minimum Gasteiger partial charge on any atom is -0.306 e. The first kappa shape index (κ1) is 9.17. The predicted octanol–water partition coefficient (Wildman–Crippen LogP) is 2.53. The molecule has 3 heteroatoms. The highest BCUT2D eigenvalue weighted by molar-refractivity contribution is 5.52. The molecule has 78 valence electrons. The van der Waals surface area contributed by atoms with Crippen LogP contribution in [0.5, 0.6) is 0 Å². The first-order chi connectivity index (χ1) is 7.77. The van der Waals surface area contributed by atoms with E-state index in [1.807, 2.05) is 28.9 Å². The van der Waals surface area contributed by atoms with Crippen molar-refractivity contribution >= 4 is 11.7 Å². The largest absolute Gasteiger partial charge is 0.306 e. The van der Waals surface area contributed by atoms with Gasteiger partial charge in [0.05, 0.1) is 17.2 Å². The quantitative estimate of drug-likeness (QED) is 0.762. The van der Waals surface area contributed by atoms with E-state index in [0.717, 1.165) is 29.7 Å². The first-order valence-electron chi connectivity index (χ1n) is 5.30. The SMILES string of the molecule is C=Cc1cn2cc(C3(C#N)CC3)ccc2n1. The van der Waals surface area contributed by atoms with E-state index in [0.29, 0.717) is 0 Å². The number of rotatable bonds is 2. The Labute approximate surface area is 93.7 Å². The van der Waals surface area contributed by atoms with Crippen molar-refractivity contribution in [3.05, 3.63) is 42.4 Å². The van der Waals surface area contributed by atoms with Crippen molar-refractivity contribution in [3.8, 4) is 6.07 Å². The summed E-state index contributed by atoms with van der Waals surface area (Å²) in [5, 5.41) is 9.14. The van der Waals surface area contributed by atoms with Gasteiger partial charge in [-0.1, -0.05) is 12.6 Å². The second kappa shape index (κ2) is 2.96. The van der Waals surface area contributed by atoms with Crippen LogP contribution in [0.25, 0.3) is 11.7 Å². The van der Waals surface area contributed by atoms with Gasteiger partial charge in [-0.3, -0.25) is 0 Å². The number of hydrogen-bond donors (Lipinski definition) is 0. The molecule has 3 rings (SSSR count). The summed E-state index contributed by atoms with van der Waals surface area (Å²) >= 11 is 0. The van der Waals surface area contributed by atoms with Crippen molar-refractivity contribution < 1.29 is 0 Å². The van der Waals surface area contributed by atoms with E-state index in [-0.39, 0.29) is 5.41 Å². The molecule has 1 fully saturated rings. The van der Waals surface area contributed by atoms with Gasteiger partial charge in [0.25, 0.3) is 0 Å². The predicted molar refractivity (Wildman–Crippen MR) is 61.8 cm³/mol. The molecule has 0 spiro atoms. The van der Waals surface area contributed by atoms with Crippen LogP contribution in [0.2, 0.25) is 0 Å². The van der Waals surface area contributed by atoms with E-state index in [9.17, 15) is 0 Å². The molecule has 1 saturated carbocycles. The molecule has 0 unspecified atom stereocenters. The van der Waals surface area contributed by atoms with Gasteiger partial charge in [0.1, 0.15) is 5.65 Å². The van der Waals surface area contributed by atoms with Crippen LogP contribution in [0.15, 0.2) is 31.1 Å². The lowest BCUT2D eigenvalue weighted by atomic mass is 10.00. The van der Waals surface area contributed by atoms with Gasteiger partial charge < -0.3 is 4.40 Å². The molecule has 0 saturated heterocycles. The van der Waals surface area contributed by atoms with Gasteiger partial charge in [-0.25, -0.2) is 4.98 Å². The molecule has 0 aliphatic heterocycles. The van der Waals surface area contributed by atoms with Gasteiger partial charge >= 0.3 is 0 Å². The number of aromatic nitrogens is 2. The fraction of sp³-hybridized carbons (Fsp3) is 0.231. The van der Waals surface area contributed by atoms with E-state index in [4.69, 9.17) is 5.26 Å². The van der Waals surface area contributed by atoms with Crippen LogP contribution < -0.4 is 0 Å². The van der Waals surface area contributed by atoms with Crippen molar-refractivity contribution in [3.63, 3.8) is 0 Å². The fourth-order valence-corrected chi connectivity index (χ4v) is 1.98. The Kier molecular flexibility index (Phi) is 1.69. The zero-order chi connectivity index (χ0) is 11.2. The van der Waals surface area contributed by atoms with Crippen LogP contribution in [0, 0.1) is 11.3 Å². The molecule has 0 atom stereocenters. The Morgan fingerprint density at radius 3 is 2.88 bits per heavy atom. The van der Waals surface area contributed by atoms with E-state index < -0.39 is 0 Å². The molecule has 2 aromatic heterocycles. The van der Waals surface area contributed by atoms with Crippen LogP contribution in [0.3, 0.4) is 0 Å². The number of pyridine rings is 1. The Balaban J connectivity index is 2.16. The molecule has 1 aliphatic carbocycles. The molecule has 0 N–H and O–H groups in total. The zero-order valence-electron chi connectivity index (χ0n) is 8.85. The molecular formula is C13H11N3. The number of nitrogens with zero attached hydrogens (tertiary/aromatic N) is 3. The Bertz CT molecular complexity index is 612. The third-order valence-electron chi connectivity index (χ3n) is 3.20. The van der Waals surface area contributed by atoms with Gasteiger partial charge in [-0.15, -0.1) is 0 Å². The normalized spacial score (nSPS) is 16.9. The molecule has 0 radical (unpaired) electrons. The summed E-state index contributed by atoms with van der Waals surface area (Å²) in [5.74, 6) is 0. The summed E-state index contributed by atoms with van der Waals surface area (Å²) in [7, 11) is 0. The Morgan fingerprint density at radius 1 is 1.44 bits per heavy atom. The van der Waals surface area contributed by atoms with Crippen molar-refractivity contribution in [1.82, 2.24) is 9.38 Å². The average Bonchev–Trinajstić information content (AvgIpc) is 3.01. The molecule has 16 heavy (non-hydrogen) atoms. The monoisotopic (exact) mass is 209 g/mol. The van der Waals surface area contributed by atoms with Crippen molar-refractivity contribution in [2.75, 3.05) is 0 Å². The highest BCUT2D eigenvalue weighted by atomic mass is 15.0. The smallest absolute Gasteiger partial charge is 0.137 e. The molecule has 0 aromatic carbocycles. The van der Waals surface area contributed by atoms with Gasteiger partial charge in [0.2, 0.25) is 0 Å². The van der Waals surface area contributed by atoms with Crippen LogP contribution in [0.4, 0.5) is 0 Å². The Morgan fingerprint density at radius 2 is 2.25 bits per heavy atom. The van der Waals surface area contributed by atoms with Crippen molar-refractivity contribution in [1.29, 1.82) is 5.26 Å². The molecule has 1 aliphatic rings. The summed E-state index contributed by atoms with van der Waals surface area (Å²) in [6.45, 7) is 3.70.